The summed E-state index contributed by atoms with van der Waals surface area (Å²) in [6, 6.07) is 4.39. The lowest BCUT2D eigenvalue weighted by atomic mass is 10.1. The number of rotatable bonds is 5. The van der Waals surface area contributed by atoms with Gasteiger partial charge in [0.25, 0.3) is 0 Å². The number of nitrogen functional groups attached to an aromatic ring is 1. The maximum absolute atomic E-state index is 11.5. The average Bonchev–Trinajstić information content (AvgIpc) is 2.67. The van der Waals surface area contributed by atoms with Crippen molar-refractivity contribution in [2.75, 3.05) is 5.73 Å². The molecular formula is C17H17NO5. The van der Waals surface area contributed by atoms with Crippen molar-refractivity contribution < 1.29 is 24.5 Å². The molecule has 0 bridgehead atoms. The molecule has 0 amide bonds. The number of allylic oxidation sites excluding steroid dienone is 4. The molecule has 0 saturated carbocycles. The number of carbonyl (C=O) groups excluding carboxylic acids is 1. The molecule has 0 fully saturated rings. The quantitative estimate of drug-likeness (QED) is 0.721. The molecule has 1 aromatic rings. The number of carbonyl (C=O) groups is 2. The van der Waals surface area contributed by atoms with E-state index in [1.165, 1.54) is 25.1 Å². The summed E-state index contributed by atoms with van der Waals surface area (Å²) in [4.78, 5) is 22.4. The minimum atomic E-state index is -1.05. The van der Waals surface area contributed by atoms with Crippen LogP contribution in [0.1, 0.15) is 29.3 Å². The van der Waals surface area contributed by atoms with Crippen molar-refractivity contribution >= 4 is 17.4 Å². The number of aliphatic hydroxyl groups is 1. The first-order valence-electron chi connectivity index (χ1n) is 6.94. The van der Waals surface area contributed by atoms with Crippen molar-refractivity contribution in [1.82, 2.24) is 0 Å². The molecule has 2 rings (SSSR count). The Kier molecular flexibility index (Phi) is 4.85. The highest BCUT2D eigenvalue weighted by molar-refractivity contribution is 5.96. The second kappa shape index (κ2) is 6.83. The zero-order chi connectivity index (χ0) is 17.0. The highest BCUT2D eigenvalue weighted by Crippen LogP contribution is 2.21. The molecule has 0 aromatic heterocycles. The zero-order valence-corrected chi connectivity index (χ0v) is 12.6. The Balaban J connectivity index is 2.16. The molecule has 6 nitrogen and oxygen atoms in total. The molecule has 0 heterocycles. The Labute approximate surface area is 133 Å². The van der Waals surface area contributed by atoms with Crippen molar-refractivity contribution in [2.45, 2.75) is 20.0 Å². The van der Waals surface area contributed by atoms with Gasteiger partial charge in [-0.3, -0.25) is 4.79 Å². The number of benzene rings is 1. The van der Waals surface area contributed by atoms with E-state index in [2.05, 4.69) is 0 Å². The molecule has 23 heavy (non-hydrogen) atoms. The van der Waals surface area contributed by atoms with E-state index in [9.17, 15) is 14.7 Å². The van der Waals surface area contributed by atoms with Crippen molar-refractivity contribution in [3.63, 3.8) is 0 Å². The first-order chi connectivity index (χ1) is 10.9. The monoisotopic (exact) mass is 315 g/mol. The van der Waals surface area contributed by atoms with E-state index in [0.29, 0.717) is 17.0 Å². The van der Waals surface area contributed by atoms with Crippen LogP contribution < -0.4 is 5.73 Å². The standard InChI is InChI=1S/C17H17NO5/c1-10(19)14-8-13(3-2-4-16(14)20)23-9-12-6-5-11(17(21)22)7-15(12)18/h2-3,5-8,20H,4,9,18H2,1H3,(H,21,22). The molecule has 1 aliphatic rings. The maximum atomic E-state index is 11.5. The first-order valence-corrected chi connectivity index (χ1v) is 6.94. The van der Waals surface area contributed by atoms with Crippen LogP contribution in [0.3, 0.4) is 0 Å². The van der Waals surface area contributed by atoms with Crippen molar-refractivity contribution in [2.24, 2.45) is 0 Å². The molecule has 0 spiro atoms. The topological polar surface area (TPSA) is 110 Å². The molecule has 0 unspecified atom stereocenters. The summed E-state index contributed by atoms with van der Waals surface area (Å²) in [6.45, 7) is 1.49. The first kappa shape index (κ1) is 16.4. The minimum Gasteiger partial charge on any atom is -0.511 e. The molecule has 6 heteroatoms. The third-order valence-electron chi connectivity index (χ3n) is 3.36. The van der Waals surface area contributed by atoms with E-state index >= 15 is 0 Å². The zero-order valence-electron chi connectivity index (χ0n) is 12.6. The van der Waals surface area contributed by atoms with Gasteiger partial charge in [-0.1, -0.05) is 12.1 Å². The fraction of sp³-hybridized carbons (Fsp3) is 0.176. The summed E-state index contributed by atoms with van der Waals surface area (Å²) in [5.74, 6) is -0.887. The predicted octanol–water partition coefficient (Wildman–Crippen LogP) is 2.73. The van der Waals surface area contributed by atoms with Crippen LogP contribution in [-0.2, 0) is 16.1 Å². The van der Waals surface area contributed by atoms with Gasteiger partial charge in [0.1, 0.15) is 18.1 Å². The van der Waals surface area contributed by atoms with Crippen LogP contribution in [0, 0.1) is 0 Å². The lowest BCUT2D eigenvalue weighted by Gasteiger charge is -2.10. The highest BCUT2D eigenvalue weighted by Gasteiger charge is 2.13. The third-order valence-corrected chi connectivity index (χ3v) is 3.36. The second-order valence-electron chi connectivity index (χ2n) is 5.08. The fourth-order valence-electron chi connectivity index (χ4n) is 2.09. The SMILES string of the molecule is CC(=O)C1=C(O)CC=CC(OCc2ccc(C(=O)O)cc2N)=C1. The lowest BCUT2D eigenvalue weighted by Crippen LogP contribution is -2.03. The average molecular weight is 315 g/mol. The number of carboxylic acids is 1. The van der Waals surface area contributed by atoms with Gasteiger partial charge in [-0.2, -0.15) is 0 Å². The second-order valence-corrected chi connectivity index (χ2v) is 5.08. The van der Waals surface area contributed by atoms with Crippen LogP contribution in [0.15, 0.2) is 53.5 Å². The van der Waals surface area contributed by atoms with E-state index in [0.717, 1.165) is 0 Å². The Bertz CT molecular complexity index is 743. The maximum Gasteiger partial charge on any atom is 0.335 e. The largest absolute Gasteiger partial charge is 0.511 e. The summed E-state index contributed by atoms with van der Waals surface area (Å²) >= 11 is 0. The van der Waals surface area contributed by atoms with Gasteiger partial charge in [0.05, 0.1) is 11.1 Å². The van der Waals surface area contributed by atoms with Gasteiger partial charge in [-0.05, 0) is 31.2 Å². The number of carboxylic acid groups (broad SMARTS) is 1. The van der Waals surface area contributed by atoms with Crippen molar-refractivity contribution in [3.05, 3.63) is 64.6 Å². The Morgan fingerprint density at radius 2 is 2.09 bits per heavy atom. The molecule has 0 radical (unpaired) electrons. The van der Waals surface area contributed by atoms with E-state index in [1.807, 2.05) is 0 Å². The van der Waals surface area contributed by atoms with Crippen molar-refractivity contribution in [3.8, 4) is 0 Å². The van der Waals surface area contributed by atoms with Crippen molar-refractivity contribution in [1.29, 1.82) is 0 Å². The fourth-order valence-corrected chi connectivity index (χ4v) is 2.09. The van der Waals surface area contributed by atoms with Crippen LogP contribution >= 0.6 is 0 Å². The lowest BCUT2D eigenvalue weighted by molar-refractivity contribution is -0.113. The van der Waals surface area contributed by atoms with Gasteiger partial charge < -0.3 is 20.7 Å². The van der Waals surface area contributed by atoms with Crippen LogP contribution in [0.4, 0.5) is 5.69 Å². The Morgan fingerprint density at radius 1 is 1.35 bits per heavy atom. The van der Waals surface area contributed by atoms with E-state index in [1.54, 1.807) is 18.2 Å². The smallest absolute Gasteiger partial charge is 0.335 e. The number of aliphatic hydroxyl groups excluding tert-OH is 1. The number of hydrogen-bond donors (Lipinski definition) is 3. The summed E-state index contributed by atoms with van der Waals surface area (Å²) in [7, 11) is 0. The van der Waals surface area contributed by atoms with Crippen LogP contribution in [0.25, 0.3) is 0 Å². The van der Waals surface area contributed by atoms with Gasteiger partial charge in [0.2, 0.25) is 0 Å². The van der Waals surface area contributed by atoms with Gasteiger partial charge >= 0.3 is 5.97 Å². The highest BCUT2D eigenvalue weighted by atomic mass is 16.5. The Morgan fingerprint density at radius 3 is 2.70 bits per heavy atom. The van der Waals surface area contributed by atoms with Crippen LogP contribution in [0.2, 0.25) is 0 Å². The molecular weight excluding hydrogens is 298 g/mol. The van der Waals surface area contributed by atoms with E-state index in [4.69, 9.17) is 15.6 Å². The molecule has 0 saturated heterocycles. The number of anilines is 1. The molecule has 4 N–H and O–H groups in total. The number of hydrogen-bond acceptors (Lipinski definition) is 5. The molecule has 1 aliphatic carbocycles. The van der Waals surface area contributed by atoms with Crippen LogP contribution in [-0.4, -0.2) is 22.0 Å². The van der Waals surface area contributed by atoms with E-state index in [-0.39, 0.29) is 35.7 Å². The summed E-state index contributed by atoms with van der Waals surface area (Å²) in [5.41, 5.74) is 7.07. The van der Waals surface area contributed by atoms with Gasteiger partial charge in [0.15, 0.2) is 5.78 Å². The summed E-state index contributed by atoms with van der Waals surface area (Å²) < 4.78 is 5.61. The van der Waals surface area contributed by atoms with Gasteiger partial charge in [0, 0.05) is 17.7 Å². The molecule has 0 atom stereocenters. The third kappa shape index (κ3) is 4.00. The molecule has 120 valence electrons. The molecule has 1 aromatic carbocycles. The Hall–Kier alpha value is -3.02. The number of ether oxygens (including phenoxy) is 1. The number of nitrogens with two attached hydrogens (primary N) is 1. The number of Topliss-reactive ketones (excluding diaryl/α,β-unsaturated/α-hetero) is 1. The van der Waals surface area contributed by atoms with Gasteiger partial charge in [-0.15, -0.1) is 0 Å². The number of aromatic carboxylic acids is 1. The normalized spacial score (nSPS) is 14.2. The number of ketones is 1. The summed E-state index contributed by atoms with van der Waals surface area (Å²) in [5, 5.41) is 18.7. The van der Waals surface area contributed by atoms with Crippen LogP contribution in [0.5, 0.6) is 0 Å². The minimum absolute atomic E-state index is 0.00215. The van der Waals surface area contributed by atoms with E-state index < -0.39 is 5.97 Å². The molecule has 0 aliphatic heterocycles. The summed E-state index contributed by atoms with van der Waals surface area (Å²) in [6.07, 6.45) is 5.08. The predicted molar refractivity (Wildman–Crippen MR) is 84.8 cm³/mol. The van der Waals surface area contributed by atoms with Gasteiger partial charge in [-0.25, -0.2) is 4.79 Å².